The topological polar surface area (TPSA) is 38.3 Å². The van der Waals surface area contributed by atoms with Crippen LogP contribution in [0.3, 0.4) is 0 Å². The van der Waals surface area contributed by atoms with Gasteiger partial charge in [-0.3, -0.25) is 4.79 Å². The summed E-state index contributed by atoms with van der Waals surface area (Å²) in [5.41, 5.74) is 1.86. The van der Waals surface area contributed by atoms with Crippen LogP contribution in [0.5, 0.6) is 5.75 Å². The molecule has 1 aliphatic heterocycles. The summed E-state index contributed by atoms with van der Waals surface area (Å²) in [7, 11) is 0. The van der Waals surface area contributed by atoms with Crippen LogP contribution in [0.2, 0.25) is 0 Å². The maximum Gasteiger partial charge on any atom is 0.169 e. The van der Waals surface area contributed by atoms with Gasteiger partial charge in [-0.05, 0) is 51.9 Å². The number of piperidine rings is 1. The van der Waals surface area contributed by atoms with E-state index < -0.39 is 0 Å². The van der Waals surface area contributed by atoms with Crippen LogP contribution in [0, 0.1) is 12.8 Å². The minimum atomic E-state index is 0.146. The van der Waals surface area contributed by atoms with E-state index in [4.69, 9.17) is 4.74 Å². The first-order valence-corrected chi connectivity index (χ1v) is 6.70. The van der Waals surface area contributed by atoms with Gasteiger partial charge in [0, 0.05) is 5.92 Å². The molecule has 1 N–H and O–H groups in total. The standard InChI is InChI=1S/C15H21NO2/c1-3-18-14-5-4-11(2)10-13(14)15(17)12-6-8-16-9-7-12/h4-5,10,12,16H,3,6-9H2,1-2H3. The summed E-state index contributed by atoms with van der Waals surface area (Å²) in [6.07, 6.45) is 1.86. The summed E-state index contributed by atoms with van der Waals surface area (Å²) in [6, 6.07) is 5.85. The highest BCUT2D eigenvalue weighted by atomic mass is 16.5. The van der Waals surface area contributed by atoms with E-state index in [1.54, 1.807) is 0 Å². The van der Waals surface area contributed by atoms with Gasteiger partial charge in [0.1, 0.15) is 5.75 Å². The molecule has 0 amide bonds. The summed E-state index contributed by atoms with van der Waals surface area (Å²) in [4.78, 5) is 12.5. The molecule has 0 aromatic heterocycles. The first-order valence-electron chi connectivity index (χ1n) is 6.70. The van der Waals surface area contributed by atoms with Crippen molar-refractivity contribution in [3.63, 3.8) is 0 Å². The summed E-state index contributed by atoms with van der Waals surface area (Å²) in [5, 5.41) is 3.29. The van der Waals surface area contributed by atoms with E-state index in [-0.39, 0.29) is 11.7 Å². The van der Waals surface area contributed by atoms with Crippen LogP contribution in [-0.2, 0) is 0 Å². The van der Waals surface area contributed by atoms with Crippen molar-refractivity contribution in [2.24, 2.45) is 5.92 Å². The van der Waals surface area contributed by atoms with Crippen molar-refractivity contribution in [3.8, 4) is 5.75 Å². The van der Waals surface area contributed by atoms with E-state index in [2.05, 4.69) is 5.32 Å². The zero-order valence-corrected chi connectivity index (χ0v) is 11.2. The monoisotopic (exact) mass is 247 g/mol. The third-order valence-corrected chi connectivity index (χ3v) is 3.41. The molecule has 2 rings (SSSR count). The number of benzene rings is 1. The van der Waals surface area contributed by atoms with Gasteiger partial charge in [0.25, 0.3) is 0 Å². The van der Waals surface area contributed by atoms with Crippen molar-refractivity contribution in [1.29, 1.82) is 0 Å². The van der Waals surface area contributed by atoms with Crippen LogP contribution in [0.4, 0.5) is 0 Å². The van der Waals surface area contributed by atoms with E-state index in [9.17, 15) is 4.79 Å². The second kappa shape index (κ2) is 6.01. The Hall–Kier alpha value is -1.35. The number of carbonyl (C=O) groups is 1. The highest BCUT2D eigenvalue weighted by Crippen LogP contribution is 2.26. The Kier molecular flexibility index (Phi) is 4.37. The van der Waals surface area contributed by atoms with Crippen LogP contribution in [0.25, 0.3) is 0 Å². The molecule has 0 unspecified atom stereocenters. The van der Waals surface area contributed by atoms with E-state index in [0.717, 1.165) is 42.8 Å². The van der Waals surface area contributed by atoms with Crippen molar-refractivity contribution >= 4 is 5.78 Å². The summed E-state index contributed by atoms with van der Waals surface area (Å²) in [5.74, 6) is 1.11. The van der Waals surface area contributed by atoms with Gasteiger partial charge in [-0.15, -0.1) is 0 Å². The molecule has 1 aromatic rings. The number of rotatable bonds is 4. The average Bonchev–Trinajstić information content (AvgIpc) is 2.41. The molecule has 0 bridgehead atoms. The molecule has 0 aliphatic carbocycles. The van der Waals surface area contributed by atoms with Crippen LogP contribution in [-0.4, -0.2) is 25.5 Å². The lowest BCUT2D eigenvalue weighted by Gasteiger charge is -2.22. The van der Waals surface area contributed by atoms with Gasteiger partial charge in [0.15, 0.2) is 5.78 Å². The Bertz CT molecular complexity index is 423. The average molecular weight is 247 g/mol. The first kappa shape index (κ1) is 13.1. The molecular weight excluding hydrogens is 226 g/mol. The van der Waals surface area contributed by atoms with Crippen molar-refractivity contribution in [1.82, 2.24) is 5.32 Å². The van der Waals surface area contributed by atoms with Gasteiger partial charge in [0.05, 0.1) is 12.2 Å². The number of Topliss-reactive ketones (excluding diaryl/α,β-unsaturated/α-hetero) is 1. The molecule has 18 heavy (non-hydrogen) atoms. The molecule has 1 fully saturated rings. The smallest absolute Gasteiger partial charge is 0.169 e. The molecule has 3 nitrogen and oxygen atoms in total. The number of hydrogen-bond donors (Lipinski definition) is 1. The lowest BCUT2D eigenvalue weighted by molar-refractivity contribution is 0.0891. The second-order valence-electron chi connectivity index (χ2n) is 4.82. The van der Waals surface area contributed by atoms with E-state index in [0.29, 0.717) is 6.61 Å². The number of nitrogens with one attached hydrogen (secondary N) is 1. The van der Waals surface area contributed by atoms with Gasteiger partial charge in [0.2, 0.25) is 0 Å². The number of hydrogen-bond acceptors (Lipinski definition) is 3. The molecule has 3 heteroatoms. The fourth-order valence-corrected chi connectivity index (χ4v) is 2.42. The van der Waals surface area contributed by atoms with Gasteiger partial charge in [-0.2, -0.15) is 0 Å². The van der Waals surface area contributed by atoms with Gasteiger partial charge in [-0.1, -0.05) is 11.6 Å². The van der Waals surface area contributed by atoms with Crippen LogP contribution < -0.4 is 10.1 Å². The van der Waals surface area contributed by atoms with Crippen LogP contribution >= 0.6 is 0 Å². The van der Waals surface area contributed by atoms with Crippen molar-refractivity contribution in [2.75, 3.05) is 19.7 Å². The predicted molar refractivity (Wildman–Crippen MR) is 72.3 cm³/mol. The maximum absolute atomic E-state index is 12.5. The third-order valence-electron chi connectivity index (χ3n) is 3.41. The SMILES string of the molecule is CCOc1ccc(C)cc1C(=O)C1CCNCC1. The highest BCUT2D eigenvalue weighted by Gasteiger charge is 2.24. The molecule has 0 spiro atoms. The third kappa shape index (κ3) is 2.91. The molecular formula is C15H21NO2. The highest BCUT2D eigenvalue weighted by molar-refractivity contribution is 6.00. The Balaban J connectivity index is 2.24. The Morgan fingerprint density at radius 1 is 1.39 bits per heavy atom. The fourth-order valence-electron chi connectivity index (χ4n) is 2.42. The van der Waals surface area contributed by atoms with Crippen molar-refractivity contribution < 1.29 is 9.53 Å². The van der Waals surface area contributed by atoms with Gasteiger partial charge >= 0.3 is 0 Å². The second-order valence-corrected chi connectivity index (χ2v) is 4.82. The summed E-state index contributed by atoms with van der Waals surface area (Å²) in [6.45, 7) is 6.42. The van der Waals surface area contributed by atoms with Crippen LogP contribution in [0.15, 0.2) is 18.2 Å². The molecule has 0 atom stereocenters. The number of ketones is 1. The quantitative estimate of drug-likeness (QED) is 0.831. The van der Waals surface area contributed by atoms with E-state index >= 15 is 0 Å². The molecule has 1 saturated heterocycles. The van der Waals surface area contributed by atoms with Gasteiger partial charge in [-0.25, -0.2) is 0 Å². The summed E-state index contributed by atoms with van der Waals surface area (Å²) >= 11 is 0. The molecule has 0 saturated carbocycles. The minimum Gasteiger partial charge on any atom is -0.493 e. The molecule has 98 valence electrons. The van der Waals surface area contributed by atoms with Crippen LogP contribution in [0.1, 0.15) is 35.7 Å². The molecule has 1 aromatic carbocycles. The molecule has 0 radical (unpaired) electrons. The normalized spacial score (nSPS) is 16.6. The fraction of sp³-hybridized carbons (Fsp3) is 0.533. The van der Waals surface area contributed by atoms with E-state index in [1.807, 2.05) is 32.0 Å². The predicted octanol–water partition coefficient (Wildman–Crippen LogP) is 2.58. The van der Waals surface area contributed by atoms with Crippen molar-refractivity contribution in [3.05, 3.63) is 29.3 Å². The Morgan fingerprint density at radius 3 is 2.78 bits per heavy atom. The zero-order chi connectivity index (χ0) is 13.0. The summed E-state index contributed by atoms with van der Waals surface area (Å²) < 4.78 is 5.57. The largest absolute Gasteiger partial charge is 0.493 e. The Labute approximate surface area is 109 Å². The maximum atomic E-state index is 12.5. The van der Waals surface area contributed by atoms with Gasteiger partial charge < -0.3 is 10.1 Å². The number of carbonyl (C=O) groups excluding carboxylic acids is 1. The minimum absolute atomic E-state index is 0.146. The van der Waals surface area contributed by atoms with E-state index in [1.165, 1.54) is 0 Å². The first-order chi connectivity index (χ1) is 8.72. The zero-order valence-electron chi connectivity index (χ0n) is 11.2. The van der Waals surface area contributed by atoms with Crippen molar-refractivity contribution in [2.45, 2.75) is 26.7 Å². The number of ether oxygens (including phenoxy) is 1. The Morgan fingerprint density at radius 2 is 2.11 bits per heavy atom. The lowest BCUT2D eigenvalue weighted by atomic mass is 9.89. The lowest BCUT2D eigenvalue weighted by Crippen LogP contribution is -2.32. The number of aryl methyl sites for hydroxylation is 1. The molecule has 1 aliphatic rings. The molecule has 1 heterocycles.